The molecule has 72 valence electrons. The first-order valence-corrected chi connectivity index (χ1v) is 5.45. The molecule has 0 radical (unpaired) electrons. The van der Waals surface area contributed by atoms with Crippen molar-refractivity contribution in [3.8, 4) is 0 Å². The molecule has 0 aliphatic heterocycles. The smallest absolute Gasteiger partial charge is 0.114 e. The minimum absolute atomic E-state index is 0.00125. The Balaban J connectivity index is 2.05. The second kappa shape index (κ2) is 3.78. The summed E-state index contributed by atoms with van der Waals surface area (Å²) in [6.07, 6.45) is 1.96. The maximum Gasteiger partial charge on any atom is 0.114 e. The molecule has 1 fully saturated rings. The SMILES string of the molecule is COC(C1CC1)C(O)c1cccs1. The van der Waals surface area contributed by atoms with Crippen molar-refractivity contribution < 1.29 is 9.84 Å². The Kier molecular flexibility index (Phi) is 2.67. The van der Waals surface area contributed by atoms with Crippen molar-refractivity contribution in [1.29, 1.82) is 0 Å². The van der Waals surface area contributed by atoms with Crippen molar-refractivity contribution >= 4 is 11.3 Å². The van der Waals surface area contributed by atoms with Gasteiger partial charge in [0.05, 0.1) is 6.10 Å². The molecular weight excluding hydrogens is 184 g/mol. The average Bonchev–Trinajstić information content (AvgIpc) is 2.83. The van der Waals surface area contributed by atoms with Gasteiger partial charge >= 0.3 is 0 Å². The number of ether oxygens (including phenoxy) is 1. The zero-order valence-electron chi connectivity index (χ0n) is 7.64. The lowest BCUT2D eigenvalue weighted by molar-refractivity contribution is -0.0242. The Labute approximate surface area is 82.2 Å². The molecule has 1 saturated carbocycles. The van der Waals surface area contributed by atoms with Gasteiger partial charge in [0.1, 0.15) is 6.10 Å². The van der Waals surface area contributed by atoms with Crippen molar-refractivity contribution in [3.05, 3.63) is 22.4 Å². The van der Waals surface area contributed by atoms with Crippen LogP contribution < -0.4 is 0 Å². The van der Waals surface area contributed by atoms with E-state index in [2.05, 4.69) is 0 Å². The lowest BCUT2D eigenvalue weighted by Gasteiger charge is -2.19. The van der Waals surface area contributed by atoms with Gasteiger partial charge in [-0.1, -0.05) is 6.07 Å². The topological polar surface area (TPSA) is 29.5 Å². The summed E-state index contributed by atoms with van der Waals surface area (Å²) in [6, 6.07) is 3.92. The maximum absolute atomic E-state index is 9.96. The standard InChI is InChI=1S/C10H14O2S/c1-12-10(7-4-5-7)9(11)8-3-2-6-13-8/h2-3,6-7,9-11H,4-5H2,1H3. The van der Waals surface area contributed by atoms with Crippen LogP contribution in [0.1, 0.15) is 23.8 Å². The molecule has 0 saturated heterocycles. The van der Waals surface area contributed by atoms with Gasteiger partial charge in [0.25, 0.3) is 0 Å². The first kappa shape index (κ1) is 9.19. The molecule has 13 heavy (non-hydrogen) atoms. The first-order valence-electron chi connectivity index (χ1n) is 4.57. The summed E-state index contributed by atoms with van der Waals surface area (Å²) in [5.41, 5.74) is 0. The third-order valence-corrected chi connectivity index (χ3v) is 3.45. The Hall–Kier alpha value is -0.380. The number of aliphatic hydroxyl groups is 1. The van der Waals surface area contributed by atoms with E-state index >= 15 is 0 Å². The number of hydrogen-bond acceptors (Lipinski definition) is 3. The van der Waals surface area contributed by atoms with Crippen LogP contribution in [-0.4, -0.2) is 18.3 Å². The highest BCUT2D eigenvalue weighted by Crippen LogP contribution is 2.40. The molecule has 1 aromatic rings. The van der Waals surface area contributed by atoms with Crippen molar-refractivity contribution in [2.75, 3.05) is 7.11 Å². The molecule has 2 atom stereocenters. The molecule has 2 nitrogen and oxygen atoms in total. The predicted octanol–water partition coefficient (Wildman–Crippen LogP) is 2.21. The molecule has 0 amide bonds. The number of rotatable bonds is 4. The summed E-state index contributed by atoms with van der Waals surface area (Å²) >= 11 is 1.59. The maximum atomic E-state index is 9.96. The van der Waals surface area contributed by atoms with E-state index in [-0.39, 0.29) is 6.10 Å². The third-order valence-electron chi connectivity index (χ3n) is 2.50. The average molecular weight is 198 g/mol. The van der Waals surface area contributed by atoms with Crippen LogP contribution in [0.3, 0.4) is 0 Å². The molecular formula is C10H14O2S. The monoisotopic (exact) mass is 198 g/mol. The molecule has 1 aromatic heterocycles. The molecule has 1 N–H and O–H groups in total. The summed E-state index contributed by atoms with van der Waals surface area (Å²) in [6.45, 7) is 0. The highest BCUT2D eigenvalue weighted by molar-refractivity contribution is 7.10. The minimum Gasteiger partial charge on any atom is -0.385 e. The Morgan fingerprint density at radius 1 is 1.62 bits per heavy atom. The highest BCUT2D eigenvalue weighted by Gasteiger charge is 2.36. The molecule has 3 heteroatoms. The normalized spacial score (nSPS) is 21.4. The predicted molar refractivity (Wildman–Crippen MR) is 52.8 cm³/mol. The fourth-order valence-electron chi connectivity index (χ4n) is 1.63. The van der Waals surface area contributed by atoms with Crippen molar-refractivity contribution in [2.45, 2.75) is 25.0 Å². The Morgan fingerprint density at radius 3 is 2.85 bits per heavy atom. The molecule has 1 aliphatic carbocycles. The van der Waals surface area contributed by atoms with Gasteiger partial charge < -0.3 is 9.84 Å². The number of methoxy groups -OCH3 is 1. The molecule has 0 aromatic carbocycles. The van der Waals surface area contributed by atoms with Crippen molar-refractivity contribution in [2.24, 2.45) is 5.92 Å². The lowest BCUT2D eigenvalue weighted by Crippen LogP contribution is -2.22. The van der Waals surface area contributed by atoms with Gasteiger partial charge in [0.2, 0.25) is 0 Å². The van der Waals surface area contributed by atoms with Gasteiger partial charge in [-0.2, -0.15) is 0 Å². The Bertz CT molecular complexity index is 254. The largest absolute Gasteiger partial charge is 0.385 e. The van der Waals surface area contributed by atoms with E-state index in [1.165, 1.54) is 12.8 Å². The van der Waals surface area contributed by atoms with Crippen LogP contribution in [0.5, 0.6) is 0 Å². The summed E-state index contributed by atoms with van der Waals surface area (Å²) < 4.78 is 5.32. The first-order chi connectivity index (χ1) is 6.33. The van der Waals surface area contributed by atoms with E-state index in [0.717, 1.165) is 4.88 Å². The van der Waals surface area contributed by atoms with Crippen LogP contribution in [0.25, 0.3) is 0 Å². The molecule has 0 bridgehead atoms. The quantitative estimate of drug-likeness (QED) is 0.803. The summed E-state index contributed by atoms with van der Waals surface area (Å²) in [5.74, 6) is 0.571. The molecule has 1 aliphatic rings. The summed E-state index contributed by atoms with van der Waals surface area (Å²) in [7, 11) is 1.68. The van der Waals surface area contributed by atoms with Crippen LogP contribution in [0.15, 0.2) is 17.5 Å². The van der Waals surface area contributed by atoms with E-state index in [1.807, 2.05) is 17.5 Å². The number of aliphatic hydroxyl groups excluding tert-OH is 1. The van der Waals surface area contributed by atoms with Crippen LogP contribution in [0.4, 0.5) is 0 Å². The van der Waals surface area contributed by atoms with E-state index in [0.29, 0.717) is 5.92 Å². The van der Waals surface area contributed by atoms with E-state index < -0.39 is 6.10 Å². The van der Waals surface area contributed by atoms with Gasteiger partial charge in [0.15, 0.2) is 0 Å². The van der Waals surface area contributed by atoms with Crippen LogP contribution >= 0.6 is 11.3 Å². The molecule has 2 rings (SSSR count). The second-order valence-electron chi connectivity index (χ2n) is 3.50. The fourth-order valence-corrected chi connectivity index (χ4v) is 2.37. The van der Waals surface area contributed by atoms with Crippen molar-refractivity contribution in [3.63, 3.8) is 0 Å². The van der Waals surface area contributed by atoms with E-state index in [4.69, 9.17) is 4.74 Å². The van der Waals surface area contributed by atoms with Gasteiger partial charge in [-0.05, 0) is 30.2 Å². The van der Waals surface area contributed by atoms with E-state index in [9.17, 15) is 5.11 Å². The van der Waals surface area contributed by atoms with Gasteiger partial charge in [-0.3, -0.25) is 0 Å². The van der Waals surface area contributed by atoms with Gasteiger partial charge in [-0.15, -0.1) is 11.3 Å². The zero-order valence-corrected chi connectivity index (χ0v) is 8.46. The van der Waals surface area contributed by atoms with Crippen LogP contribution in [-0.2, 0) is 4.74 Å². The van der Waals surface area contributed by atoms with Crippen LogP contribution in [0, 0.1) is 5.92 Å². The van der Waals surface area contributed by atoms with E-state index in [1.54, 1.807) is 18.4 Å². The van der Waals surface area contributed by atoms with Crippen LogP contribution in [0.2, 0.25) is 0 Å². The molecule has 2 unspecified atom stereocenters. The lowest BCUT2D eigenvalue weighted by atomic mass is 10.1. The zero-order chi connectivity index (χ0) is 9.26. The summed E-state index contributed by atoms with van der Waals surface area (Å²) in [4.78, 5) is 1.01. The molecule has 1 heterocycles. The van der Waals surface area contributed by atoms with Gasteiger partial charge in [-0.25, -0.2) is 0 Å². The van der Waals surface area contributed by atoms with Gasteiger partial charge in [0, 0.05) is 12.0 Å². The van der Waals surface area contributed by atoms with Crippen molar-refractivity contribution in [1.82, 2.24) is 0 Å². The minimum atomic E-state index is -0.433. The number of hydrogen-bond donors (Lipinski definition) is 1. The Morgan fingerprint density at radius 2 is 2.38 bits per heavy atom. The fraction of sp³-hybridized carbons (Fsp3) is 0.600. The molecule has 0 spiro atoms. The number of thiophene rings is 1. The second-order valence-corrected chi connectivity index (χ2v) is 4.48. The highest BCUT2D eigenvalue weighted by atomic mass is 32.1. The summed E-state index contributed by atoms with van der Waals surface area (Å²) in [5, 5.41) is 11.9. The third kappa shape index (κ3) is 1.93.